The van der Waals surface area contributed by atoms with Gasteiger partial charge < -0.3 is 10.1 Å². The molecule has 0 saturated carbocycles. The molecule has 1 aliphatic heterocycles. The normalized spacial score (nSPS) is 15.1. The zero-order valence-corrected chi connectivity index (χ0v) is 19.3. The second-order valence-electron chi connectivity index (χ2n) is 7.71. The molecule has 0 radical (unpaired) electrons. The SMILES string of the molecule is COc1cccc(-c2cnnc(-n3nc(C)c4c3NC(=O)C[C@H]4c3ccc(SC)cc3)n2)c1. The lowest BCUT2D eigenvalue weighted by Gasteiger charge is -2.24. The average Bonchev–Trinajstić information content (AvgIpc) is 3.19. The lowest BCUT2D eigenvalue weighted by atomic mass is 9.86. The lowest BCUT2D eigenvalue weighted by molar-refractivity contribution is -0.116. The van der Waals surface area contributed by atoms with Crippen LogP contribution in [0.1, 0.15) is 29.2 Å². The summed E-state index contributed by atoms with van der Waals surface area (Å²) in [5, 5.41) is 16.0. The van der Waals surface area contributed by atoms with E-state index >= 15 is 0 Å². The first-order chi connectivity index (χ1) is 16.1. The van der Waals surface area contributed by atoms with E-state index in [1.165, 1.54) is 4.90 Å². The third-order valence-corrected chi connectivity index (χ3v) is 6.47. The predicted octanol–water partition coefficient (Wildman–Crippen LogP) is 4.24. The van der Waals surface area contributed by atoms with Crippen molar-refractivity contribution < 1.29 is 9.53 Å². The van der Waals surface area contributed by atoms with Crippen molar-refractivity contribution in [2.75, 3.05) is 18.7 Å². The third kappa shape index (κ3) is 3.95. The van der Waals surface area contributed by atoms with Crippen LogP contribution in [0.3, 0.4) is 0 Å². The van der Waals surface area contributed by atoms with Gasteiger partial charge in [0, 0.05) is 28.4 Å². The Morgan fingerprint density at radius 3 is 2.76 bits per heavy atom. The van der Waals surface area contributed by atoms with Crippen LogP contribution in [0.2, 0.25) is 0 Å². The van der Waals surface area contributed by atoms with Crippen LogP contribution in [0.15, 0.2) is 59.6 Å². The molecule has 0 fully saturated rings. The van der Waals surface area contributed by atoms with E-state index in [0.29, 0.717) is 23.9 Å². The fraction of sp³-hybridized carbons (Fsp3) is 0.208. The number of fused-ring (bicyclic) bond motifs is 1. The van der Waals surface area contributed by atoms with Crippen molar-refractivity contribution in [1.29, 1.82) is 0 Å². The molecular weight excluding hydrogens is 436 g/mol. The van der Waals surface area contributed by atoms with Gasteiger partial charge in [0.1, 0.15) is 11.6 Å². The summed E-state index contributed by atoms with van der Waals surface area (Å²) in [6, 6.07) is 15.9. The first-order valence-corrected chi connectivity index (χ1v) is 11.7. The molecule has 0 aliphatic carbocycles. The number of thioether (sulfide) groups is 1. The number of nitrogens with zero attached hydrogens (tertiary/aromatic N) is 5. The second-order valence-corrected chi connectivity index (χ2v) is 8.59. The Hall–Kier alpha value is -3.72. The van der Waals surface area contributed by atoms with Gasteiger partial charge in [0.25, 0.3) is 5.95 Å². The summed E-state index contributed by atoms with van der Waals surface area (Å²) >= 11 is 1.69. The van der Waals surface area contributed by atoms with Gasteiger partial charge >= 0.3 is 0 Å². The standard InChI is InChI=1S/C24H22N6O2S/c1-14-22-19(15-7-9-18(33-3)10-8-15)12-21(31)27-23(22)30(29-14)24-26-20(13-25-28-24)16-5-4-6-17(11-16)32-2/h4-11,13,19H,12H2,1-3H3,(H,27,31)/t19-/m0/s1. The first-order valence-electron chi connectivity index (χ1n) is 10.4. The highest BCUT2D eigenvalue weighted by molar-refractivity contribution is 7.98. The molecule has 1 atom stereocenters. The summed E-state index contributed by atoms with van der Waals surface area (Å²) in [6.45, 7) is 1.94. The Balaban J connectivity index is 1.58. The Morgan fingerprint density at radius 1 is 1.18 bits per heavy atom. The van der Waals surface area contributed by atoms with E-state index in [-0.39, 0.29) is 11.8 Å². The van der Waals surface area contributed by atoms with E-state index in [1.807, 2.05) is 37.4 Å². The van der Waals surface area contributed by atoms with Crippen molar-refractivity contribution in [3.8, 4) is 23.0 Å². The van der Waals surface area contributed by atoms with Crippen LogP contribution in [0.5, 0.6) is 5.75 Å². The van der Waals surface area contributed by atoms with Crippen LogP contribution in [0, 0.1) is 6.92 Å². The van der Waals surface area contributed by atoms with E-state index in [1.54, 1.807) is 29.8 Å². The summed E-state index contributed by atoms with van der Waals surface area (Å²) in [6.07, 6.45) is 4.00. The maximum Gasteiger partial charge on any atom is 0.272 e. The van der Waals surface area contributed by atoms with Crippen molar-refractivity contribution >= 4 is 23.5 Å². The van der Waals surface area contributed by atoms with Crippen LogP contribution < -0.4 is 10.1 Å². The molecule has 0 bridgehead atoms. The number of benzene rings is 2. The van der Waals surface area contributed by atoms with Gasteiger partial charge in [-0.3, -0.25) is 4.79 Å². The fourth-order valence-electron chi connectivity index (χ4n) is 4.12. The van der Waals surface area contributed by atoms with Gasteiger partial charge in [-0.2, -0.15) is 14.9 Å². The topological polar surface area (TPSA) is 94.8 Å². The number of nitrogens with one attached hydrogen (secondary N) is 1. The third-order valence-electron chi connectivity index (χ3n) is 5.72. The number of carbonyl (C=O) groups is 1. The van der Waals surface area contributed by atoms with E-state index in [0.717, 1.165) is 28.1 Å². The molecular formula is C24H22N6O2S. The van der Waals surface area contributed by atoms with Crippen molar-refractivity contribution in [2.45, 2.75) is 24.2 Å². The largest absolute Gasteiger partial charge is 0.497 e. The van der Waals surface area contributed by atoms with Crippen molar-refractivity contribution in [3.63, 3.8) is 0 Å². The van der Waals surface area contributed by atoms with Crippen LogP contribution in [-0.4, -0.2) is 44.2 Å². The van der Waals surface area contributed by atoms with E-state index in [9.17, 15) is 4.79 Å². The fourth-order valence-corrected chi connectivity index (χ4v) is 4.53. The van der Waals surface area contributed by atoms with Gasteiger partial charge in [0.15, 0.2) is 0 Å². The lowest BCUT2D eigenvalue weighted by Crippen LogP contribution is -2.25. The molecule has 1 amide bonds. The highest BCUT2D eigenvalue weighted by Crippen LogP contribution is 2.40. The Kier molecular flexibility index (Phi) is 5.55. The summed E-state index contributed by atoms with van der Waals surface area (Å²) in [4.78, 5) is 18.5. The minimum atomic E-state index is -0.0899. The number of methoxy groups -OCH3 is 1. The number of ether oxygens (including phenoxy) is 1. The van der Waals surface area contributed by atoms with Gasteiger partial charge in [0.2, 0.25) is 5.91 Å². The molecule has 5 rings (SSSR count). The van der Waals surface area contributed by atoms with Gasteiger partial charge in [-0.25, -0.2) is 4.98 Å². The minimum Gasteiger partial charge on any atom is -0.497 e. The quantitative estimate of drug-likeness (QED) is 0.447. The molecule has 1 aliphatic rings. The maximum atomic E-state index is 12.7. The highest BCUT2D eigenvalue weighted by Gasteiger charge is 2.33. The van der Waals surface area contributed by atoms with E-state index in [2.05, 4.69) is 49.9 Å². The molecule has 4 aromatic rings. The molecule has 166 valence electrons. The molecule has 3 heterocycles. The van der Waals surface area contributed by atoms with Gasteiger partial charge in [-0.1, -0.05) is 24.3 Å². The molecule has 0 spiro atoms. The molecule has 1 N–H and O–H groups in total. The smallest absolute Gasteiger partial charge is 0.272 e. The number of anilines is 1. The molecule has 0 unspecified atom stereocenters. The van der Waals surface area contributed by atoms with Crippen LogP contribution in [0.25, 0.3) is 17.2 Å². The minimum absolute atomic E-state index is 0.0699. The summed E-state index contributed by atoms with van der Waals surface area (Å²) in [7, 11) is 1.62. The second kappa shape index (κ2) is 8.67. The van der Waals surface area contributed by atoms with Crippen LogP contribution in [0.4, 0.5) is 5.82 Å². The number of hydrogen-bond donors (Lipinski definition) is 1. The Bertz CT molecular complexity index is 1340. The number of aromatic nitrogens is 5. The number of rotatable bonds is 5. The summed E-state index contributed by atoms with van der Waals surface area (Å²) in [5.74, 6) is 1.45. The molecule has 8 nitrogen and oxygen atoms in total. The van der Waals surface area contributed by atoms with Crippen molar-refractivity contribution in [2.24, 2.45) is 0 Å². The number of hydrogen-bond acceptors (Lipinski definition) is 7. The van der Waals surface area contributed by atoms with E-state index in [4.69, 9.17) is 4.74 Å². The van der Waals surface area contributed by atoms with Crippen LogP contribution in [-0.2, 0) is 4.79 Å². The van der Waals surface area contributed by atoms with Gasteiger partial charge in [0.05, 0.1) is 24.7 Å². The molecule has 0 saturated heterocycles. The zero-order chi connectivity index (χ0) is 22.9. The molecule has 33 heavy (non-hydrogen) atoms. The monoisotopic (exact) mass is 458 g/mol. The predicted molar refractivity (Wildman–Crippen MR) is 127 cm³/mol. The number of carbonyl (C=O) groups excluding carboxylic acids is 1. The van der Waals surface area contributed by atoms with Gasteiger partial charge in [-0.15, -0.1) is 16.9 Å². The maximum absolute atomic E-state index is 12.7. The summed E-state index contributed by atoms with van der Waals surface area (Å²) < 4.78 is 6.89. The molecule has 2 aromatic heterocycles. The van der Waals surface area contributed by atoms with Gasteiger partial charge in [-0.05, 0) is 43.0 Å². The summed E-state index contributed by atoms with van der Waals surface area (Å²) in [5.41, 5.74) is 4.35. The number of aryl methyl sites for hydroxylation is 1. The van der Waals surface area contributed by atoms with Crippen molar-refractivity contribution in [3.05, 3.63) is 71.5 Å². The van der Waals surface area contributed by atoms with Crippen LogP contribution >= 0.6 is 11.8 Å². The zero-order valence-electron chi connectivity index (χ0n) is 18.4. The van der Waals surface area contributed by atoms with Crippen molar-refractivity contribution in [1.82, 2.24) is 25.0 Å². The average molecular weight is 459 g/mol. The first kappa shape index (κ1) is 21.1. The Morgan fingerprint density at radius 2 is 2.00 bits per heavy atom. The highest BCUT2D eigenvalue weighted by atomic mass is 32.2. The number of amides is 1. The molecule has 2 aromatic carbocycles. The Labute approximate surface area is 195 Å². The van der Waals surface area contributed by atoms with E-state index < -0.39 is 0 Å². The molecule has 9 heteroatoms.